The lowest BCUT2D eigenvalue weighted by Gasteiger charge is -2.06. The number of nitro benzene ring substituents is 1. The van der Waals surface area contributed by atoms with Gasteiger partial charge in [-0.1, -0.05) is 12.1 Å². The molecule has 1 aromatic carbocycles. The molecule has 0 bridgehead atoms. The third-order valence-electron chi connectivity index (χ3n) is 2.97. The molecule has 0 spiro atoms. The van der Waals surface area contributed by atoms with E-state index in [-0.39, 0.29) is 10.6 Å². The van der Waals surface area contributed by atoms with Crippen LogP contribution in [0.1, 0.15) is 16.8 Å². The van der Waals surface area contributed by atoms with Crippen LogP contribution in [-0.2, 0) is 13.6 Å². The first-order chi connectivity index (χ1) is 8.97. The molecule has 1 aromatic heterocycles. The molecule has 0 saturated heterocycles. The van der Waals surface area contributed by atoms with Gasteiger partial charge in [-0.3, -0.25) is 14.8 Å². The van der Waals surface area contributed by atoms with E-state index in [1.165, 1.54) is 0 Å². The van der Waals surface area contributed by atoms with Gasteiger partial charge < -0.3 is 5.32 Å². The summed E-state index contributed by atoms with van der Waals surface area (Å²) >= 11 is 0. The molecule has 1 N–H and O–H groups in total. The Morgan fingerprint density at radius 3 is 2.74 bits per heavy atom. The molecular formula is C13H16N4O2. The number of benzene rings is 1. The van der Waals surface area contributed by atoms with Crippen molar-refractivity contribution >= 4 is 11.4 Å². The minimum absolute atomic E-state index is 0.155. The maximum absolute atomic E-state index is 10.9. The molecule has 1 heterocycles. The molecule has 0 atom stereocenters. The van der Waals surface area contributed by atoms with Gasteiger partial charge in [-0.05, 0) is 19.4 Å². The lowest BCUT2D eigenvalue weighted by molar-refractivity contribution is -0.385. The Hall–Kier alpha value is -2.37. The van der Waals surface area contributed by atoms with E-state index in [0.29, 0.717) is 12.1 Å². The van der Waals surface area contributed by atoms with E-state index in [0.717, 1.165) is 16.9 Å². The number of anilines is 1. The highest BCUT2D eigenvalue weighted by Gasteiger charge is 2.11. The average Bonchev–Trinajstić information content (AvgIpc) is 2.66. The lowest BCUT2D eigenvalue weighted by Crippen LogP contribution is -2.01. The highest BCUT2D eigenvalue weighted by Crippen LogP contribution is 2.20. The second kappa shape index (κ2) is 5.09. The first-order valence-corrected chi connectivity index (χ1v) is 5.95. The predicted molar refractivity (Wildman–Crippen MR) is 73.1 cm³/mol. The van der Waals surface area contributed by atoms with Crippen molar-refractivity contribution in [2.45, 2.75) is 20.4 Å². The van der Waals surface area contributed by atoms with Crippen LogP contribution in [0.3, 0.4) is 0 Å². The summed E-state index contributed by atoms with van der Waals surface area (Å²) in [6, 6.07) is 5.26. The van der Waals surface area contributed by atoms with Crippen molar-refractivity contribution < 1.29 is 4.92 Å². The second-order valence-corrected chi connectivity index (χ2v) is 4.53. The maximum Gasteiger partial charge on any atom is 0.272 e. The lowest BCUT2D eigenvalue weighted by atomic mass is 10.1. The fourth-order valence-electron chi connectivity index (χ4n) is 1.93. The number of hydrogen-bond acceptors (Lipinski definition) is 4. The third-order valence-corrected chi connectivity index (χ3v) is 2.97. The minimum Gasteiger partial charge on any atom is -0.378 e. The van der Waals surface area contributed by atoms with Gasteiger partial charge in [0.1, 0.15) is 0 Å². The van der Waals surface area contributed by atoms with Crippen LogP contribution in [0.5, 0.6) is 0 Å². The quantitative estimate of drug-likeness (QED) is 0.677. The van der Waals surface area contributed by atoms with Gasteiger partial charge in [0, 0.05) is 31.4 Å². The predicted octanol–water partition coefficient (Wildman–Crippen LogP) is 2.56. The minimum atomic E-state index is -0.353. The Bertz CT molecular complexity index is 619. The highest BCUT2D eigenvalue weighted by atomic mass is 16.6. The van der Waals surface area contributed by atoms with Crippen molar-refractivity contribution in [1.82, 2.24) is 9.78 Å². The van der Waals surface area contributed by atoms with Gasteiger partial charge in [0.05, 0.1) is 16.3 Å². The molecule has 0 amide bonds. The zero-order chi connectivity index (χ0) is 14.0. The van der Waals surface area contributed by atoms with Gasteiger partial charge in [-0.15, -0.1) is 0 Å². The van der Waals surface area contributed by atoms with E-state index in [1.807, 2.05) is 26.2 Å². The standard InChI is InChI=1S/C13H16N4O2/c1-9-4-5-11(6-13(9)17(18)19)7-14-12-8-16(3)15-10(12)2/h4-6,8,14H,7H2,1-3H3. The molecule has 2 aromatic rings. The molecule has 6 heteroatoms. The molecule has 0 fully saturated rings. The van der Waals surface area contributed by atoms with E-state index in [4.69, 9.17) is 0 Å². The molecule has 19 heavy (non-hydrogen) atoms. The molecule has 0 saturated carbocycles. The molecular weight excluding hydrogens is 244 g/mol. The summed E-state index contributed by atoms with van der Waals surface area (Å²) in [7, 11) is 1.86. The topological polar surface area (TPSA) is 73.0 Å². The largest absolute Gasteiger partial charge is 0.378 e. The molecule has 2 rings (SSSR count). The fourth-order valence-corrected chi connectivity index (χ4v) is 1.93. The number of rotatable bonds is 4. The summed E-state index contributed by atoms with van der Waals surface area (Å²) in [6.45, 7) is 4.19. The van der Waals surface area contributed by atoms with Crippen molar-refractivity contribution in [3.63, 3.8) is 0 Å². The average molecular weight is 260 g/mol. The van der Waals surface area contributed by atoms with Crippen LogP contribution in [-0.4, -0.2) is 14.7 Å². The second-order valence-electron chi connectivity index (χ2n) is 4.53. The van der Waals surface area contributed by atoms with Gasteiger partial charge in [0.15, 0.2) is 0 Å². The number of hydrogen-bond donors (Lipinski definition) is 1. The van der Waals surface area contributed by atoms with E-state index in [2.05, 4.69) is 10.4 Å². The molecule has 0 unspecified atom stereocenters. The van der Waals surface area contributed by atoms with Gasteiger partial charge >= 0.3 is 0 Å². The van der Waals surface area contributed by atoms with Crippen LogP contribution in [0.4, 0.5) is 11.4 Å². The molecule has 6 nitrogen and oxygen atoms in total. The Balaban J connectivity index is 2.14. The van der Waals surface area contributed by atoms with Crippen LogP contribution in [0.2, 0.25) is 0 Å². The molecule has 0 radical (unpaired) electrons. The zero-order valence-electron chi connectivity index (χ0n) is 11.2. The number of nitrogens with zero attached hydrogens (tertiary/aromatic N) is 3. The van der Waals surface area contributed by atoms with Crippen molar-refractivity contribution in [3.05, 3.63) is 51.3 Å². The summed E-state index contributed by atoms with van der Waals surface area (Å²) in [5, 5.41) is 18.3. The Morgan fingerprint density at radius 2 is 2.16 bits per heavy atom. The molecule has 100 valence electrons. The normalized spacial score (nSPS) is 10.5. The first-order valence-electron chi connectivity index (χ1n) is 5.95. The van der Waals surface area contributed by atoms with Crippen LogP contribution in [0, 0.1) is 24.0 Å². The van der Waals surface area contributed by atoms with Crippen LogP contribution in [0.15, 0.2) is 24.4 Å². The SMILES string of the molecule is Cc1ccc(CNc2cn(C)nc2C)cc1[N+](=O)[O-]. The smallest absolute Gasteiger partial charge is 0.272 e. The van der Waals surface area contributed by atoms with Gasteiger partial charge in [0.2, 0.25) is 0 Å². The van der Waals surface area contributed by atoms with Crippen LogP contribution in [0.25, 0.3) is 0 Å². The zero-order valence-corrected chi connectivity index (χ0v) is 11.2. The van der Waals surface area contributed by atoms with Gasteiger partial charge in [0.25, 0.3) is 5.69 Å². The van der Waals surface area contributed by atoms with E-state index < -0.39 is 0 Å². The van der Waals surface area contributed by atoms with Crippen LogP contribution < -0.4 is 5.32 Å². The monoisotopic (exact) mass is 260 g/mol. The van der Waals surface area contributed by atoms with E-state index in [9.17, 15) is 10.1 Å². The molecule has 0 aliphatic rings. The number of nitrogens with one attached hydrogen (secondary N) is 1. The highest BCUT2D eigenvalue weighted by molar-refractivity contribution is 5.48. The summed E-state index contributed by atoms with van der Waals surface area (Å²) in [6.07, 6.45) is 1.89. The van der Waals surface area contributed by atoms with E-state index >= 15 is 0 Å². The molecule has 0 aliphatic carbocycles. The van der Waals surface area contributed by atoms with E-state index in [1.54, 1.807) is 23.7 Å². The summed E-state index contributed by atoms with van der Waals surface area (Å²) in [4.78, 5) is 10.5. The van der Waals surface area contributed by atoms with Gasteiger partial charge in [-0.25, -0.2) is 0 Å². The summed E-state index contributed by atoms with van der Waals surface area (Å²) in [5.74, 6) is 0. The fraction of sp³-hybridized carbons (Fsp3) is 0.308. The van der Waals surface area contributed by atoms with Crippen molar-refractivity contribution in [2.24, 2.45) is 7.05 Å². The van der Waals surface area contributed by atoms with Crippen molar-refractivity contribution in [3.8, 4) is 0 Å². The Labute approximate surface area is 111 Å². The molecule has 0 aliphatic heterocycles. The Kier molecular flexibility index (Phi) is 3.50. The number of aromatic nitrogens is 2. The maximum atomic E-state index is 10.9. The Morgan fingerprint density at radius 1 is 1.42 bits per heavy atom. The summed E-state index contributed by atoms with van der Waals surface area (Å²) in [5.41, 5.74) is 3.55. The van der Waals surface area contributed by atoms with Crippen molar-refractivity contribution in [1.29, 1.82) is 0 Å². The van der Waals surface area contributed by atoms with Gasteiger partial charge in [-0.2, -0.15) is 5.10 Å². The third kappa shape index (κ3) is 2.90. The number of aryl methyl sites for hydroxylation is 3. The first kappa shape index (κ1) is 13.1. The summed E-state index contributed by atoms with van der Waals surface area (Å²) < 4.78 is 1.73. The van der Waals surface area contributed by atoms with Crippen molar-refractivity contribution in [2.75, 3.05) is 5.32 Å². The number of nitro groups is 1. The van der Waals surface area contributed by atoms with Crippen LogP contribution >= 0.6 is 0 Å².